The summed E-state index contributed by atoms with van der Waals surface area (Å²) in [4.78, 5) is 2.25. The number of hydrogen-bond donors (Lipinski definition) is 1. The van der Waals surface area contributed by atoms with Crippen LogP contribution < -0.4 is 4.72 Å². The van der Waals surface area contributed by atoms with Crippen molar-refractivity contribution in [2.75, 3.05) is 25.9 Å². The largest absolute Gasteiger partial charge is 0.303 e. The van der Waals surface area contributed by atoms with Crippen LogP contribution in [0.25, 0.3) is 0 Å². The van der Waals surface area contributed by atoms with Crippen LogP contribution >= 0.6 is 0 Å². The molecule has 2 heterocycles. The topological polar surface area (TPSA) is 32.3 Å². The molecule has 1 atom stereocenters. The van der Waals surface area contributed by atoms with E-state index in [9.17, 15) is 4.21 Å². The van der Waals surface area contributed by atoms with Gasteiger partial charge in [0.1, 0.15) is 0 Å². The van der Waals surface area contributed by atoms with Gasteiger partial charge in [0, 0.05) is 18.8 Å². The Balaban J connectivity index is 2.01. The summed E-state index contributed by atoms with van der Waals surface area (Å²) in [5.41, 5.74) is 0.236. The molecule has 2 saturated heterocycles. The number of likely N-dealkylation sites (N-methyl/N-ethyl adjacent to an activating group) is 1. The first kappa shape index (κ1) is 6.76. The molecular weight excluding hydrogens is 148 g/mol. The zero-order valence-electron chi connectivity index (χ0n) is 6.09. The van der Waals surface area contributed by atoms with Gasteiger partial charge in [-0.05, 0) is 13.5 Å². The maximum absolute atomic E-state index is 10.9. The maximum Gasteiger partial charge on any atom is 0.0922 e. The van der Waals surface area contributed by atoms with E-state index in [0.717, 1.165) is 25.3 Å². The van der Waals surface area contributed by atoms with Crippen molar-refractivity contribution in [2.45, 2.75) is 12.0 Å². The number of likely N-dealkylation sites (tertiary alicyclic amines) is 1. The summed E-state index contributed by atoms with van der Waals surface area (Å²) in [6, 6.07) is 0. The summed E-state index contributed by atoms with van der Waals surface area (Å²) in [5.74, 6) is 0.841. The molecule has 0 aliphatic carbocycles. The highest BCUT2D eigenvalue weighted by molar-refractivity contribution is 7.83. The Morgan fingerprint density at radius 1 is 1.60 bits per heavy atom. The Morgan fingerprint density at radius 2 is 2.30 bits per heavy atom. The van der Waals surface area contributed by atoms with Crippen molar-refractivity contribution >= 4 is 11.0 Å². The summed E-state index contributed by atoms with van der Waals surface area (Å²) in [7, 11) is 1.36. The predicted molar refractivity (Wildman–Crippen MR) is 41.0 cm³/mol. The lowest BCUT2D eigenvalue weighted by atomic mass is 9.89. The minimum absolute atomic E-state index is 0.236. The van der Waals surface area contributed by atoms with Gasteiger partial charge in [-0.25, -0.2) is 8.93 Å². The molecule has 2 rings (SSSR count). The monoisotopic (exact) mass is 160 g/mol. The molecule has 0 aromatic carbocycles. The summed E-state index contributed by atoms with van der Waals surface area (Å²) >= 11 is 0. The maximum atomic E-state index is 10.9. The highest BCUT2D eigenvalue weighted by atomic mass is 32.2. The lowest BCUT2D eigenvalue weighted by Crippen LogP contribution is -2.65. The Kier molecular flexibility index (Phi) is 1.37. The van der Waals surface area contributed by atoms with Crippen LogP contribution in [0.4, 0.5) is 0 Å². The average molecular weight is 160 g/mol. The van der Waals surface area contributed by atoms with Gasteiger partial charge in [-0.1, -0.05) is 0 Å². The van der Waals surface area contributed by atoms with Gasteiger partial charge in [0.25, 0.3) is 0 Å². The molecule has 0 radical (unpaired) electrons. The van der Waals surface area contributed by atoms with Crippen molar-refractivity contribution in [1.82, 2.24) is 9.62 Å². The first-order valence-electron chi connectivity index (χ1n) is 3.55. The zero-order chi connectivity index (χ0) is 7.19. The van der Waals surface area contributed by atoms with E-state index in [1.807, 2.05) is 0 Å². The Bertz CT molecular complexity index is 177. The molecule has 10 heavy (non-hydrogen) atoms. The van der Waals surface area contributed by atoms with E-state index in [1.54, 1.807) is 0 Å². The highest BCUT2D eigenvalue weighted by Crippen LogP contribution is 2.27. The summed E-state index contributed by atoms with van der Waals surface area (Å²) < 4.78 is 14.1. The quantitative estimate of drug-likeness (QED) is 0.509. The first-order valence-corrected chi connectivity index (χ1v) is 4.87. The lowest BCUT2D eigenvalue weighted by molar-refractivity contribution is 0.0909. The molecule has 1 unspecified atom stereocenters. The number of nitrogens with one attached hydrogen (secondary N) is 1. The predicted octanol–water partition coefficient (Wildman–Crippen LogP) is -0.672. The minimum atomic E-state index is -0.733. The van der Waals surface area contributed by atoms with Gasteiger partial charge in [-0.15, -0.1) is 0 Å². The number of rotatable bonds is 0. The fourth-order valence-electron chi connectivity index (χ4n) is 1.84. The highest BCUT2D eigenvalue weighted by Gasteiger charge is 2.45. The van der Waals surface area contributed by atoms with Crippen LogP contribution in [0.3, 0.4) is 0 Å². The fourth-order valence-corrected chi connectivity index (χ4v) is 3.23. The first-order chi connectivity index (χ1) is 4.70. The molecule has 0 aromatic rings. The Morgan fingerprint density at radius 3 is 2.70 bits per heavy atom. The molecule has 3 nitrogen and oxygen atoms in total. The van der Waals surface area contributed by atoms with Crippen molar-refractivity contribution in [3.8, 4) is 0 Å². The SMILES string of the molecule is CN1CC2(CCS(=O)N2)C1. The molecule has 1 N–H and O–H groups in total. The second kappa shape index (κ2) is 2.03. The molecule has 0 aromatic heterocycles. The Hall–Kier alpha value is 0.0700. The van der Waals surface area contributed by atoms with Crippen LogP contribution in [0.1, 0.15) is 6.42 Å². The zero-order valence-corrected chi connectivity index (χ0v) is 6.91. The molecule has 0 amide bonds. The fraction of sp³-hybridized carbons (Fsp3) is 1.00. The van der Waals surface area contributed by atoms with E-state index >= 15 is 0 Å². The molecule has 4 heteroatoms. The van der Waals surface area contributed by atoms with Gasteiger partial charge in [-0.3, -0.25) is 0 Å². The summed E-state index contributed by atoms with van der Waals surface area (Å²) in [6.07, 6.45) is 1.09. The molecule has 1 spiro atoms. The second-order valence-electron chi connectivity index (χ2n) is 3.35. The smallest absolute Gasteiger partial charge is 0.0922 e. The van der Waals surface area contributed by atoms with Gasteiger partial charge < -0.3 is 4.90 Å². The lowest BCUT2D eigenvalue weighted by Gasteiger charge is -2.45. The van der Waals surface area contributed by atoms with Gasteiger partial charge in [0.15, 0.2) is 0 Å². The third kappa shape index (κ3) is 0.909. The molecular formula is C6H12N2OS. The van der Waals surface area contributed by atoms with E-state index in [1.165, 1.54) is 0 Å². The molecule has 58 valence electrons. The van der Waals surface area contributed by atoms with Crippen LogP contribution in [0.15, 0.2) is 0 Å². The van der Waals surface area contributed by atoms with Crippen molar-refractivity contribution in [2.24, 2.45) is 0 Å². The van der Waals surface area contributed by atoms with E-state index in [-0.39, 0.29) is 5.54 Å². The van der Waals surface area contributed by atoms with E-state index in [4.69, 9.17) is 0 Å². The van der Waals surface area contributed by atoms with Crippen LogP contribution in [0, 0.1) is 0 Å². The summed E-state index contributed by atoms with van der Waals surface area (Å²) in [6.45, 7) is 2.14. The molecule has 0 bridgehead atoms. The van der Waals surface area contributed by atoms with Gasteiger partial charge in [0.05, 0.1) is 16.5 Å². The second-order valence-corrected chi connectivity index (χ2v) is 4.66. The number of nitrogens with zero attached hydrogens (tertiary/aromatic N) is 1. The molecule has 0 saturated carbocycles. The molecule has 2 aliphatic heterocycles. The van der Waals surface area contributed by atoms with Gasteiger partial charge >= 0.3 is 0 Å². The van der Waals surface area contributed by atoms with Crippen molar-refractivity contribution < 1.29 is 4.21 Å². The van der Waals surface area contributed by atoms with Crippen LogP contribution in [0.5, 0.6) is 0 Å². The van der Waals surface area contributed by atoms with E-state index in [2.05, 4.69) is 16.7 Å². The van der Waals surface area contributed by atoms with Gasteiger partial charge in [-0.2, -0.15) is 0 Å². The molecule has 2 aliphatic rings. The standard InChI is InChI=1S/C6H12N2OS/c1-8-4-6(5-8)2-3-10(9)7-6/h7H,2-5H2,1H3. The average Bonchev–Trinajstić information content (AvgIpc) is 2.10. The minimum Gasteiger partial charge on any atom is -0.303 e. The molecule has 2 fully saturated rings. The summed E-state index contributed by atoms with van der Waals surface area (Å²) in [5, 5.41) is 0. The Labute approximate surface area is 63.4 Å². The third-order valence-electron chi connectivity index (χ3n) is 2.24. The third-order valence-corrected chi connectivity index (χ3v) is 3.48. The van der Waals surface area contributed by atoms with E-state index in [0.29, 0.717) is 0 Å². The van der Waals surface area contributed by atoms with E-state index < -0.39 is 11.0 Å². The van der Waals surface area contributed by atoms with Crippen LogP contribution in [0.2, 0.25) is 0 Å². The van der Waals surface area contributed by atoms with Crippen molar-refractivity contribution in [3.05, 3.63) is 0 Å². The number of hydrogen-bond acceptors (Lipinski definition) is 2. The van der Waals surface area contributed by atoms with Crippen molar-refractivity contribution in [3.63, 3.8) is 0 Å². The van der Waals surface area contributed by atoms with Crippen molar-refractivity contribution in [1.29, 1.82) is 0 Å². The van der Waals surface area contributed by atoms with Gasteiger partial charge in [0.2, 0.25) is 0 Å². The van der Waals surface area contributed by atoms with Crippen LogP contribution in [-0.4, -0.2) is 40.5 Å². The van der Waals surface area contributed by atoms with Crippen LogP contribution in [-0.2, 0) is 11.0 Å². The normalized spacial score (nSPS) is 38.3.